The summed E-state index contributed by atoms with van der Waals surface area (Å²) in [5, 5.41) is 6.81. The molecule has 0 heterocycles. The van der Waals surface area contributed by atoms with Gasteiger partial charge in [0.25, 0.3) is 0 Å². The van der Waals surface area contributed by atoms with Crippen molar-refractivity contribution in [2.75, 3.05) is 5.32 Å². The molecule has 0 aromatic heterocycles. The third kappa shape index (κ3) is 3.89. The Bertz CT molecular complexity index is 629. The van der Waals surface area contributed by atoms with Gasteiger partial charge in [-0.25, -0.2) is 4.79 Å². The Kier molecular flexibility index (Phi) is 4.88. The lowest BCUT2D eigenvalue weighted by molar-refractivity contribution is 0.251. The van der Waals surface area contributed by atoms with E-state index in [0.717, 1.165) is 11.1 Å². The number of carbonyl (C=O) groups is 1. The SMILES string of the molecule is Cc1c(Cl)cccc1NC(=O)NCc1cccc(Cl)c1. The highest BCUT2D eigenvalue weighted by molar-refractivity contribution is 6.31. The molecule has 0 aliphatic rings. The molecule has 104 valence electrons. The van der Waals surface area contributed by atoms with Crippen LogP contribution >= 0.6 is 23.2 Å². The van der Waals surface area contributed by atoms with Crippen molar-refractivity contribution in [1.82, 2.24) is 5.32 Å². The maximum atomic E-state index is 11.8. The number of rotatable bonds is 3. The fourth-order valence-electron chi connectivity index (χ4n) is 1.74. The molecule has 2 rings (SSSR count). The molecule has 0 bridgehead atoms. The Morgan fingerprint density at radius 1 is 1.15 bits per heavy atom. The zero-order chi connectivity index (χ0) is 14.5. The summed E-state index contributed by atoms with van der Waals surface area (Å²) in [4.78, 5) is 11.8. The molecular weight excluding hydrogens is 295 g/mol. The average molecular weight is 309 g/mol. The maximum absolute atomic E-state index is 11.8. The monoisotopic (exact) mass is 308 g/mol. The number of nitrogens with one attached hydrogen (secondary N) is 2. The summed E-state index contributed by atoms with van der Waals surface area (Å²) in [6, 6.07) is 12.5. The lowest BCUT2D eigenvalue weighted by Crippen LogP contribution is -2.28. The highest BCUT2D eigenvalue weighted by atomic mass is 35.5. The van der Waals surface area contributed by atoms with Crippen LogP contribution in [0, 0.1) is 6.92 Å². The Balaban J connectivity index is 1.94. The van der Waals surface area contributed by atoms with E-state index < -0.39 is 0 Å². The average Bonchev–Trinajstić information content (AvgIpc) is 2.42. The Labute approximate surface area is 127 Å². The van der Waals surface area contributed by atoms with Gasteiger partial charge in [-0.05, 0) is 42.3 Å². The molecule has 2 amide bonds. The largest absolute Gasteiger partial charge is 0.334 e. The lowest BCUT2D eigenvalue weighted by atomic mass is 10.2. The Hall–Kier alpha value is -1.71. The second kappa shape index (κ2) is 6.64. The van der Waals surface area contributed by atoms with Crippen LogP contribution in [0.15, 0.2) is 42.5 Å². The van der Waals surface area contributed by atoms with Crippen LogP contribution < -0.4 is 10.6 Å². The summed E-state index contributed by atoms with van der Waals surface area (Å²) >= 11 is 11.9. The highest BCUT2D eigenvalue weighted by Crippen LogP contribution is 2.22. The van der Waals surface area contributed by atoms with Crippen LogP contribution in [0.25, 0.3) is 0 Å². The van der Waals surface area contributed by atoms with E-state index in [0.29, 0.717) is 22.3 Å². The molecule has 20 heavy (non-hydrogen) atoms. The number of hydrogen-bond donors (Lipinski definition) is 2. The molecular formula is C15H14Cl2N2O. The molecule has 0 saturated heterocycles. The summed E-state index contributed by atoms with van der Waals surface area (Å²) in [5.74, 6) is 0. The Morgan fingerprint density at radius 3 is 2.65 bits per heavy atom. The molecule has 2 aromatic rings. The standard InChI is InChI=1S/C15H14Cl2N2O/c1-10-13(17)6-3-7-14(10)19-15(20)18-9-11-4-2-5-12(16)8-11/h2-8H,9H2,1H3,(H2,18,19,20). The minimum absolute atomic E-state index is 0.282. The van der Waals surface area contributed by atoms with Gasteiger partial charge in [-0.3, -0.25) is 0 Å². The first-order chi connectivity index (χ1) is 9.56. The van der Waals surface area contributed by atoms with E-state index in [4.69, 9.17) is 23.2 Å². The molecule has 0 aliphatic carbocycles. The second-order valence-electron chi connectivity index (χ2n) is 4.35. The maximum Gasteiger partial charge on any atom is 0.319 e. The van der Waals surface area contributed by atoms with Gasteiger partial charge in [-0.1, -0.05) is 41.4 Å². The molecule has 0 radical (unpaired) electrons. The van der Waals surface area contributed by atoms with Crippen LogP contribution in [-0.4, -0.2) is 6.03 Å². The van der Waals surface area contributed by atoms with Crippen molar-refractivity contribution in [3.8, 4) is 0 Å². The predicted molar refractivity (Wildman–Crippen MR) is 83.5 cm³/mol. The number of amides is 2. The van der Waals surface area contributed by atoms with Crippen molar-refractivity contribution in [1.29, 1.82) is 0 Å². The van der Waals surface area contributed by atoms with E-state index in [-0.39, 0.29) is 6.03 Å². The number of hydrogen-bond acceptors (Lipinski definition) is 1. The lowest BCUT2D eigenvalue weighted by Gasteiger charge is -2.11. The molecule has 0 spiro atoms. The first kappa shape index (κ1) is 14.7. The minimum atomic E-state index is -0.282. The summed E-state index contributed by atoms with van der Waals surface area (Å²) in [7, 11) is 0. The number of carbonyl (C=O) groups excluding carboxylic acids is 1. The first-order valence-electron chi connectivity index (χ1n) is 6.10. The first-order valence-corrected chi connectivity index (χ1v) is 6.86. The van der Waals surface area contributed by atoms with E-state index >= 15 is 0 Å². The van der Waals surface area contributed by atoms with E-state index in [9.17, 15) is 4.79 Å². The zero-order valence-electron chi connectivity index (χ0n) is 10.9. The van der Waals surface area contributed by atoms with Crippen LogP contribution in [0.1, 0.15) is 11.1 Å². The summed E-state index contributed by atoms with van der Waals surface area (Å²) in [6.45, 7) is 2.26. The van der Waals surface area contributed by atoms with E-state index in [1.807, 2.05) is 25.1 Å². The normalized spacial score (nSPS) is 10.2. The molecule has 0 unspecified atom stereocenters. The number of anilines is 1. The van der Waals surface area contributed by atoms with Gasteiger partial charge in [0.2, 0.25) is 0 Å². The smallest absolute Gasteiger partial charge is 0.319 e. The fraction of sp³-hybridized carbons (Fsp3) is 0.133. The van der Waals surface area contributed by atoms with Gasteiger partial charge < -0.3 is 10.6 Å². The van der Waals surface area contributed by atoms with Crippen molar-refractivity contribution in [3.05, 3.63) is 63.6 Å². The molecule has 0 saturated carbocycles. The van der Waals surface area contributed by atoms with E-state index in [1.165, 1.54) is 0 Å². The van der Waals surface area contributed by atoms with Crippen LogP contribution in [-0.2, 0) is 6.54 Å². The summed E-state index contributed by atoms with van der Waals surface area (Å²) in [5.41, 5.74) is 2.48. The van der Waals surface area contributed by atoms with Crippen LogP contribution in [0.3, 0.4) is 0 Å². The minimum Gasteiger partial charge on any atom is -0.334 e. The molecule has 0 atom stereocenters. The Morgan fingerprint density at radius 2 is 1.90 bits per heavy atom. The summed E-state index contributed by atoms with van der Waals surface area (Å²) in [6.07, 6.45) is 0. The predicted octanol–water partition coefficient (Wildman–Crippen LogP) is 4.62. The molecule has 0 fully saturated rings. The van der Waals surface area contributed by atoms with Gasteiger partial charge in [0.1, 0.15) is 0 Å². The number of benzene rings is 2. The third-order valence-corrected chi connectivity index (χ3v) is 3.50. The van der Waals surface area contributed by atoms with Gasteiger partial charge >= 0.3 is 6.03 Å². The van der Waals surface area contributed by atoms with Crippen molar-refractivity contribution in [3.63, 3.8) is 0 Å². The van der Waals surface area contributed by atoms with Crippen LogP contribution in [0.2, 0.25) is 10.0 Å². The third-order valence-electron chi connectivity index (χ3n) is 2.86. The van der Waals surface area contributed by atoms with Gasteiger partial charge in [0.05, 0.1) is 0 Å². The number of urea groups is 1. The molecule has 2 aromatic carbocycles. The molecule has 5 heteroatoms. The van der Waals surface area contributed by atoms with Crippen molar-refractivity contribution in [2.45, 2.75) is 13.5 Å². The van der Waals surface area contributed by atoms with Crippen LogP contribution in [0.4, 0.5) is 10.5 Å². The highest BCUT2D eigenvalue weighted by Gasteiger charge is 2.06. The van der Waals surface area contributed by atoms with E-state index in [1.54, 1.807) is 24.3 Å². The van der Waals surface area contributed by atoms with Crippen LogP contribution in [0.5, 0.6) is 0 Å². The zero-order valence-corrected chi connectivity index (χ0v) is 12.4. The topological polar surface area (TPSA) is 41.1 Å². The van der Waals surface area contributed by atoms with Crippen molar-refractivity contribution >= 4 is 34.9 Å². The second-order valence-corrected chi connectivity index (χ2v) is 5.19. The summed E-state index contributed by atoms with van der Waals surface area (Å²) < 4.78 is 0. The molecule has 3 nitrogen and oxygen atoms in total. The van der Waals surface area contributed by atoms with Crippen molar-refractivity contribution < 1.29 is 4.79 Å². The van der Waals surface area contributed by atoms with E-state index in [2.05, 4.69) is 10.6 Å². The van der Waals surface area contributed by atoms with Gasteiger partial charge in [-0.15, -0.1) is 0 Å². The number of halogens is 2. The quantitative estimate of drug-likeness (QED) is 0.853. The molecule has 0 aliphatic heterocycles. The molecule has 2 N–H and O–H groups in total. The van der Waals surface area contributed by atoms with Gasteiger partial charge in [-0.2, -0.15) is 0 Å². The fourth-order valence-corrected chi connectivity index (χ4v) is 2.13. The van der Waals surface area contributed by atoms with Gasteiger partial charge in [0.15, 0.2) is 0 Å². The van der Waals surface area contributed by atoms with Gasteiger partial charge in [0, 0.05) is 22.3 Å². The van der Waals surface area contributed by atoms with Crippen molar-refractivity contribution in [2.24, 2.45) is 0 Å².